The van der Waals surface area contributed by atoms with Crippen LogP contribution < -0.4 is 0 Å². The van der Waals surface area contributed by atoms with Crippen LogP contribution in [0.4, 0.5) is 0 Å². The van der Waals surface area contributed by atoms with Gasteiger partial charge in [0.1, 0.15) is 12.1 Å². The van der Waals surface area contributed by atoms with Crippen LogP contribution in [0.5, 0.6) is 0 Å². The first-order chi connectivity index (χ1) is 9.59. The van der Waals surface area contributed by atoms with E-state index in [0.29, 0.717) is 15.8 Å². The van der Waals surface area contributed by atoms with Crippen molar-refractivity contribution in [3.8, 4) is 0 Å². The molecule has 0 atom stereocenters. The van der Waals surface area contributed by atoms with Crippen molar-refractivity contribution in [1.82, 2.24) is 9.59 Å². The Morgan fingerprint density at radius 3 is 2.80 bits per heavy atom. The van der Waals surface area contributed by atoms with Crippen molar-refractivity contribution in [2.45, 2.75) is 0 Å². The number of fused-ring (bicyclic) bond motifs is 1. The van der Waals surface area contributed by atoms with Gasteiger partial charge in [0.15, 0.2) is 0 Å². The average molecular weight is 316 g/mol. The molecule has 1 aromatic carbocycles. The fourth-order valence-corrected chi connectivity index (χ4v) is 3.04. The molecule has 7 nitrogen and oxygen atoms in total. The van der Waals surface area contributed by atoms with Gasteiger partial charge >= 0.3 is 13.6 Å². The summed E-state index contributed by atoms with van der Waals surface area (Å²) in [6, 6.07) is 5.10. The Balaban J connectivity index is 2.02. The monoisotopic (exact) mass is 316 g/mol. The smallest absolute Gasteiger partial charge is 0.339 e. The van der Waals surface area contributed by atoms with Crippen LogP contribution >= 0.6 is 19.1 Å². The van der Waals surface area contributed by atoms with Crippen LogP contribution in [-0.2, 0) is 18.3 Å². The van der Waals surface area contributed by atoms with Crippen molar-refractivity contribution in [2.24, 2.45) is 0 Å². The number of hydrogen-bond donors (Lipinski definition) is 0. The van der Waals surface area contributed by atoms with Gasteiger partial charge in [-0.1, -0.05) is 10.6 Å². The van der Waals surface area contributed by atoms with Gasteiger partial charge in [-0.2, -0.15) is 0 Å². The van der Waals surface area contributed by atoms with Crippen molar-refractivity contribution in [1.29, 1.82) is 0 Å². The fraction of sp³-hybridized carbons (Fsp3) is 0.364. The molecule has 0 bridgehead atoms. The Morgan fingerprint density at radius 1 is 1.35 bits per heavy atom. The molecule has 0 saturated carbocycles. The molecule has 0 N–H and O–H groups in total. The van der Waals surface area contributed by atoms with E-state index in [2.05, 4.69) is 9.59 Å². The lowest BCUT2D eigenvalue weighted by atomic mass is 10.2. The molecule has 9 heteroatoms. The van der Waals surface area contributed by atoms with Crippen molar-refractivity contribution >= 4 is 35.3 Å². The van der Waals surface area contributed by atoms with Crippen LogP contribution in [0.3, 0.4) is 0 Å². The molecule has 0 radical (unpaired) electrons. The fourth-order valence-electron chi connectivity index (χ4n) is 1.55. The van der Waals surface area contributed by atoms with Crippen LogP contribution in [-0.4, -0.2) is 42.5 Å². The molecule has 0 spiro atoms. The van der Waals surface area contributed by atoms with Crippen LogP contribution in [0.15, 0.2) is 18.2 Å². The molecule has 0 aliphatic rings. The molecule has 0 amide bonds. The third-order valence-corrected chi connectivity index (χ3v) is 5.27. The summed E-state index contributed by atoms with van der Waals surface area (Å²) >= 11 is 1.12. The number of aromatic nitrogens is 2. The maximum Gasteiger partial charge on any atom is 0.339 e. The molecule has 2 rings (SSSR count). The number of esters is 1. The largest absolute Gasteiger partial charge is 0.461 e. The highest BCUT2D eigenvalue weighted by Crippen LogP contribution is 2.45. The first-order valence-electron chi connectivity index (χ1n) is 5.68. The predicted molar refractivity (Wildman–Crippen MR) is 74.2 cm³/mol. The minimum absolute atomic E-state index is 0.00264. The summed E-state index contributed by atoms with van der Waals surface area (Å²) in [5, 5.41) is 3.88. The summed E-state index contributed by atoms with van der Waals surface area (Å²) in [5.41, 5.74) is 1.03. The Hall–Kier alpha value is -1.34. The zero-order chi connectivity index (χ0) is 14.6. The second kappa shape index (κ2) is 6.41. The molecule has 0 unspecified atom stereocenters. The van der Waals surface area contributed by atoms with Gasteiger partial charge in [0.05, 0.1) is 16.4 Å². The van der Waals surface area contributed by atoms with E-state index in [1.54, 1.807) is 18.2 Å². The Labute approximate surface area is 119 Å². The number of rotatable bonds is 6. The first kappa shape index (κ1) is 15.1. The summed E-state index contributed by atoms with van der Waals surface area (Å²) in [6.45, 7) is -0.0551. The lowest BCUT2D eigenvalue weighted by Crippen LogP contribution is -2.10. The van der Waals surface area contributed by atoms with Crippen molar-refractivity contribution in [2.75, 3.05) is 27.0 Å². The average Bonchev–Trinajstić information content (AvgIpc) is 2.95. The minimum Gasteiger partial charge on any atom is -0.461 e. The molecule has 0 saturated heterocycles. The quantitative estimate of drug-likeness (QED) is 0.597. The van der Waals surface area contributed by atoms with Crippen LogP contribution in [0.2, 0.25) is 0 Å². The van der Waals surface area contributed by atoms with E-state index in [1.165, 1.54) is 14.2 Å². The van der Waals surface area contributed by atoms with Gasteiger partial charge in [-0.05, 0) is 23.7 Å². The second-order valence-corrected chi connectivity index (χ2v) is 6.92. The summed E-state index contributed by atoms with van der Waals surface area (Å²) in [7, 11) is -0.589. The molecule has 0 fully saturated rings. The number of carbonyl (C=O) groups excluding carboxylic acids is 1. The number of carbonyl (C=O) groups is 1. The topological polar surface area (TPSA) is 87.6 Å². The molecule has 2 aromatic rings. The standard InChI is InChI=1S/C11H13N2O5PS/c1-16-19(15,17-2)7-6-18-11(14)8-4-3-5-9-10(8)20-13-12-9/h3-5H,6-7H2,1-2H3. The summed E-state index contributed by atoms with van der Waals surface area (Å²) < 4.78 is 30.8. The predicted octanol–water partition coefficient (Wildman–Crippen LogP) is 2.33. The van der Waals surface area contributed by atoms with Gasteiger partial charge in [-0.25, -0.2) is 4.79 Å². The summed E-state index contributed by atoms with van der Waals surface area (Å²) in [6.07, 6.45) is 0.00264. The van der Waals surface area contributed by atoms with Crippen LogP contribution in [0.25, 0.3) is 10.2 Å². The Bertz CT molecular complexity index is 651. The van der Waals surface area contributed by atoms with Crippen molar-refractivity contribution in [3.63, 3.8) is 0 Å². The van der Waals surface area contributed by atoms with Crippen molar-refractivity contribution < 1.29 is 23.1 Å². The van der Waals surface area contributed by atoms with Gasteiger partial charge in [-0.3, -0.25) is 4.57 Å². The van der Waals surface area contributed by atoms with E-state index >= 15 is 0 Å². The Kier molecular flexibility index (Phi) is 4.82. The third-order valence-electron chi connectivity index (χ3n) is 2.65. The summed E-state index contributed by atoms with van der Waals surface area (Å²) in [5.74, 6) is -0.514. The molecular weight excluding hydrogens is 303 g/mol. The van der Waals surface area contributed by atoms with Crippen LogP contribution in [0, 0.1) is 0 Å². The van der Waals surface area contributed by atoms with E-state index in [4.69, 9.17) is 13.8 Å². The summed E-state index contributed by atoms with van der Waals surface area (Å²) in [4.78, 5) is 12.0. The minimum atomic E-state index is -3.16. The number of benzene rings is 1. The van der Waals surface area contributed by atoms with Crippen LogP contribution in [0.1, 0.15) is 10.4 Å². The highest BCUT2D eigenvalue weighted by atomic mass is 32.1. The van der Waals surface area contributed by atoms with E-state index in [9.17, 15) is 9.36 Å². The van der Waals surface area contributed by atoms with E-state index < -0.39 is 13.6 Å². The van der Waals surface area contributed by atoms with Gasteiger partial charge in [0, 0.05) is 14.2 Å². The van der Waals surface area contributed by atoms with E-state index in [-0.39, 0.29) is 12.8 Å². The zero-order valence-electron chi connectivity index (χ0n) is 10.9. The second-order valence-electron chi connectivity index (χ2n) is 3.76. The highest BCUT2D eigenvalue weighted by Gasteiger charge is 2.22. The molecule has 20 heavy (non-hydrogen) atoms. The SMILES string of the molecule is COP(=O)(CCOC(=O)c1cccc2nnsc12)OC. The van der Waals surface area contributed by atoms with E-state index in [1.807, 2.05) is 0 Å². The first-order valence-corrected chi connectivity index (χ1v) is 8.18. The lowest BCUT2D eigenvalue weighted by molar-refractivity contribution is 0.0526. The number of hydrogen-bond acceptors (Lipinski definition) is 8. The number of nitrogens with zero attached hydrogens (tertiary/aromatic N) is 2. The van der Waals surface area contributed by atoms with Gasteiger partial charge in [0.2, 0.25) is 0 Å². The molecule has 0 aliphatic heterocycles. The zero-order valence-corrected chi connectivity index (χ0v) is 12.6. The number of ether oxygens (including phenoxy) is 1. The molecule has 1 heterocycles. The van der Waals surface area contributed by atoms with E-state index in [0.717, 1.165) is 11.5 Å². The Morgan fingerprint density at radius 2 is 2.10 bits per heavy atom. The van der Waals surface area contributed by atoms with Gasteiger partial charge < -0.3 is 13.8 Å². The molecular formula is C11H13N2O5PS. The van der Waals surface area contributed by atoms with Crippen molar-refractivity contribution in [3.05, 3.63) is 23.8 Å². The molecule has 108 valence electrons. The van der Waals surface area contributed by atoms with Gasteiger partial charge in [0.25, 0.3) is 0 Å². The lowest BCUT2D eigenvalue weighted by Gasteiger charge is -2.13. The highest BCUT2D eigenvalue weighted by molar-refractivity contribution is 7.53. The maximum atomic E-state index is 12.0. The third kappa shape index (κ3) is 3.21. The molecule has 0 aliphatic carbocycles. The molecule has 1 aromatic heterocycles. The maximum absolute atomic E-state index is 12.0. The normalized spacial score (nSPS) is 11.7. The van der Waals surface area contributed by atoms with Gasteiger partial charge in [-0.15, -0.1) is 5.10 Å².